The molecule has 0 fully saturated rings. The Bertz CT molecular complexity index is 700. The van der Waals surface area contributed by atoms with Crippen molar-refractivity contribution in [3.05, 3.63) is 34.5 Å². The number of nitrogens with two attached hydrogens (primary N) is 1. The van der Waals surface area contributed by atoms with E-state index in [0.29, 0.717) is 11.4 Å². The van der Waals surface area contributed by atoms with E-state index in [2.05, 4.69) is 10.1 Å². The average molecular weight is 284 g/mol. The minimum Gasteiger partial charge on any atom is -0.384 e. The molecule has 0 saturated carbocycles. The van der Waals surface area contributed by atoms with Gasteiger partial charge >= 0.3 is 0 Å². The second kappa shape index (κ2) is 5.27. The van der Waals surface area contributed by atoms with Gasteiger partial charge in [0.15, 0.2) is 11.6 Å². The molecule has 3 rings (SSSR count). The van der Waals surface area contributed by atoms with E-state index in [9.17, 15) is 0 Å². The molecule has 2 aromatic heterocycles. The van der Waals surface area contributed by atoms with Gasteiger partial charge in [0.1, 0.15) is 11.7 Å². The van der Waals surface area contributed by atoms with Crippen molar-refractivity contribution in [1.29, 1.82) is 5.41 Å². The first-order valence-corrected chi connectivity index (χ1v) is 7.46. The van der Waals surface area contributed by atoms with Gasteiger partial charge in [-0.25, -0.2) is 9.97 Å². The van der Waals surface area contributed by atoms with Crippen LogP contribution >= 0.6 is 0 Å². The lowest BCUT2D eigenvalue weighted by Gasteiger charge is -2.11. The van der Waals surface area contributed by atoms with Crippen LogP contribution in [0.3, 0.4) is 0 Å². The molecular weight excluding hydrogens is 264 g/mol. The van der Waals surface area contributed by atoms with E-state index in [1.54, 1.807) is 4.68 Å². The highest BCUT2D eigenvalue weighted by atomic mass is 15.4. The van der Waals surface area contributed by atoms with Crippen molar-refractivity contribution in [2.24, 2.45) is 5.73 Å². The standard InChI is InChI=1S/C15H20N6/c1-3-12-19-13(4-2)21(20-12)15-10(14(16)17)8-9-6-5-7-11(9)18-15/h8H,3-7H2,1-2H3,(H3,16,17). The molecule has 2 aromatic rings. The summed E-state index contributed by atoms with van der Waals surface area (Å²) in [7, 11) is 0. The number of hydrogen-bond acceptors (Lipinski definition) is 4. The number of nitrogens with one attached hydrogen (secondary N) is 1. The van der Waals surface area contributed by atoms with Gasteiger partial charge in [0.2, 0.25) is 0 Å². The van der Waals surface area contributed by atoms with E-state index in [0.717, 1.165) is 49.4 Å². The second-order valence-electron chi connectivity index (χ2n) is 5.30. The molecule has 0 spiro atoms. The van der Waals surface area contributed by atoms with E-state index >= 15 is 0 Å². The normalized spacial score (nSPS) is 13.4. The van der Waals surface area contributed by atoms with Crippen molar-refractivity contribution < 1.29 is 0 Å². The van der Waals surface area contributed by atoms with Crippen molar-refractivity contribution in [2.45, 2.75) is 46.0 Å². The Labute approximate surface area is 123 Å². The summed E-state index contributed by atoms with van der Waals surface area (Å²) in [5, 5.41) is 12.4. The van der Waals surface area contributed by atoms with Crippen molar-refractivity contribution in [3.63, 3.8) is 0 Å². The smallest absolute Gasteiger partial charge is 0.166 e. The summed E-state index contributed by atoms with van der Waals surface area (Å²) in [6, 6.07) is 2.00. The maximum Gasteiger partial charge on any atom is 0.166 e. The molecular formula is C15H20N6. The number of aromatic nitrogens is 4. The van der Waals surface area contributed by atoms with Crippen molar-refractivity contribution in [3.8, 4) is 5.82 Å². The summed E-state index contributed by atoms with van der Waals surface area (Å²) in [6.45, 7) is 4.07. The van der Waals surface area contributed by atoms with Gasteiger partial charge in [-0.15, -0.1) is 5.10 Å². The molecule has 0 amide bonds. The summed E-state index contributed by atoms with van der Waals surface area (Å²) in [6.07, 6.45) is 4.66. The van der Waals surface area contributed by atoms with Crippen LogP contribution in [0, 0.1) is 5.41 Å². The molecule has 1 aliphatic carbocycles. The van der Waals surface area contributed by atoms with Crippen LogP contribution in [0.1, 0.15) is 48.7 Å². The summed E-state index contributed by atoms with van der Waals surface area (Å²) in [5.74, 6) is 2.33. The molecule has 0 atom stereocenters. The van der Waals surface area contributed by atoms with Gasteiger partial charge in [0.25, 0.3) is 0 Å². The highest BCUT2D eigenvalue weighted by molar-refractivity contribution is 5.98. The van der Waals surface area contributed by atoms with Crippen molar-refractivity contribution in [1.82, 2.24) is 19.7 Å². The number of nitrogen functional groups attached to an aromatic ring is 1. The van der Waals surface area contributed by atoms with Crippen LogP contribution < -0.4 is 5.73 Å². The Morgan fingerprint density at radius 1 is 1.29 bits per heavy atom. The maximum atomic E-state index is 7.84. The quantitative estimate of drug-likeness (QED) is 0.658. The molecule has 1 aliphatic rings. The number of hydrogen-bond donors (Lipinski definition) is 2. The van der Waals surface area contributed by atoms with Crippen LogP contribution in [0.25, 0.3) is 5.82 Å². The third-order valence-corrected chi connectivity index (χ3v) is 3.87. The minimum absolute atomic E-state index is 0.0304. The summed E-state index contributed by atoms with van der Waals surface area (Å²) >= 11 is 0. The molecule has 0 radical (unpaired) electrons. The molecule has 21 heavy (non-hydrogen) atoms. The molecule has 2 heterocycles. The molecule has 0 unspecified atom stereocenters. The number of pyridine rings is 1. The van der Waals surface area contributed by atoms with Crippen LogP contribution in [0.15, 0.2) is 6.07 Å². The first-order chi connectivity index (χ1) is 10.1. The number of fused-ring (bicyclic) bond motifs is 1. The summed E-state index contributed by atoms with van der Waals surface area (Å²) in [4.78, 5) is 9.26. The Hall–Kier alpha value is -2.24. The van der Waals surface area contributed by atoms with Gasteiger partial charge in [-0.3, -0.25) is 5.41 Å². The monoisotopic (exact) mass is 284 g/mol. The van der Waals surface area contributed by atoms with E-state index in [1.165, 1.54) is 5.56 Å². The minimum atomic E-state index is 0.0304. The van der Waals surface area contributed by atoms with Gasteiger partial charge in [0, 0.05) is 18.5 Å². The first kappa shape index (κ1) is 13.7. The molecule has 6 nitrogen and oxygen atoms in total. The lowest BCUT2D eigenvalue weighted by molar-refractivity contribution is 0.761. The van der Waals surface area contributed by atoms with E-state index in [-0.39, 0.29) is 5.84 Å². The van der Waals surface area contributed by atoms with Crippen molar-refractivity contribution in [2.75, 3.05) is 0 Å². The number of amidine groups is 1. The van der Waals surface area contributed by atoms with Crippen LogP contribution in [0.2, 0.25) is 0 Å². The highest BCUT2D eigenvalue weighted by Gasteiger charge is 2.21. The highest BCUT2D eigenvalue weighted by Crippen LogP contribution is 2.25. The number of rotatable bonds is 4. The van der Waals surface area contributed by atoms with E-state index < -0.39 is 0 Å². The van der Waals surface area contributed by atoms with Gasteiger partial charge in [0.05, 0.1) is 5.56 Å². The van der Waals surface area contributed by atoms with Crippen LogP contribution in [0.5, 0.6) is 0 Å². The summed E-state index contributed by atoms with van der Waals surface area (Å²) < 4.78 is 1.76. The topological polar surface area (TPSA) is 93.5 Å². The van der Waals surface area contributed by atoms with Crippen molar-refractivity contribution >= 4 is 5.84 Å². The van der Waals surface area contributed by atoms with E-state index in [1.807, 2.05) is 19.9 Å². The number of nitrogens with zero attached hydrogens (tertiary/aromatic N) is 4. The molecule has 3 N–H and O–H groups in total. The Balaban J connectivity index is 2.21. The lowest BCUT2D eigenvalue weighted by Crippen LogP contribution is -2.19. The fourth-order valence-corrected chi connectivity index (χ4v) is 2.76. The van der Waals surface area contributed by atoms with Crippen LogP contribution in [0.4, 0.5) is 0 Å². The van der Waals surface area contributed by atoms with E-state index in [4.69, 9.17) is 16.1 Å². The molecule has 0 aliphatic heterocycles. The van der Waals surface area contributed by atoms with Gasteiger partial charge < -0.3 is 5.73 Å². The zero-order valence-corrected chi connectivity index (χ0v) is 12.5. The largest absolute Gasteiger partial charge is 0.384 e. The Kier molecular flexibility index (Phi) is 3.45. The third-order valence-electron chi connectivity index (χ3n) is 3.87. The Morgan fingerprint density at radius 2 is 2.10 bits per heavy atom. The molecule has 0 saturated heterocycles. The van der Waals surface area contributed by atoms with Gasteiger partial charge in [-0.2, -0.15) is 4.68 Å². The molecule has 6 heteroatoms. The van der Waals surface area contributed by atoms with Crippen LogP contribution in [-0.4, -0.2) is 25.6 Å². The van der Waals surface area contributed by atoms with Crippen LogP contribution in [-0.2, 0) is 25.7 Å². The fraction of sp³-hybridized carbons (Fsp3) is 0.467. The fourth-order valence-electron chi connectivity index (χ4n) is 2.76. The van der Waals surface area contributed by atoms with Gasteiger partial charge in [-0.1, -0.05) is 13.8 Å². The lowest BCUT2D eigenvalue weighted by atomic mass is 10.1. The SMILES string of the molecule is CCc1nc(CC)n(-c2nc3c(cc2C(=N)N)CCC3)n1. The Morgan fingerprint density at radius 3 is 2.76 bits per heavy atom. The number of aryl methyl sites for hydroxylation is 4. The molecule has 0 aromatic carbocycles. The zero-order valence-electron chi connectivity index (χ0n) is 12.5. The molecule has 0 bridgehead atoms. The predicted octanol–water partition coefficient (Wildman–Crippen LogP) is 1.56. The van der Waals surface area contributed by atoms with Gasteiger partial charge in [-0.05, 0) is 30.9 Å². The second-order valence-corrected chi connectivity index (χ2v) is 5.30. The predicted molar refractivity (Wildman–Crippen MR) is 81.0 cm³/mol. The maximum absolute atomic E-state index is 7.84. The summed E-state index contributed by atoms with van der Waals surface area (Å²) in [5.41, 5.74) is 8.72. The average Bonchev–Trinajstić information content (AvgIpc) is 3.11. The molecule has 110 valence electrons. The third kappa shape index (κ3) is 2.30. The first-order valence-electron chi connectivity index (χ1n) is 7.46. The zero-order chi connectivity index (χ0) is 15.0.